The molecule has 100 valence electrons. The molecule has 1 N–H and O–H groups in total. The van der Waals surface area contributed by atoms with Gasteiger partial charge in [0.25, 0.3) is 0 Å². The molecule has 0 radical (unpaired) electrons. The first-order chi connectivity index (χ1) is 8.64. The summed E-state index contributed by atoms with van der Waals surface area (Å²) < 4.78 is 5.86. The summed E-state index contributed by atoms with van der Waals surface area (Å²) in [5.74, 6) is 3.74. The number of ether oxygens (including phenoxy) is 1. The lowest BCUT2D eigenvalue weighted by Crippen LogP contribution is -2.29. The number of aromatic nitrogens is 2. The summed E-state index contributed by atoms with van der Waals surface area (Å²) in [7, 11) is 1.92. The molecule has 18 heavy (non-hydrogen) atoms. The minimum Gasteiger partial charge on any atom is -0.373 e. The minimum atomic E-state index is -0.386. The van der Waals surface area contributed by atoms with Crippen LogP contribution in [0, 0.1) is 0 Å². The molecular weight excluding hydrogens is 246 g/mol. The molecule has 4 nitrogen and oxygen atoms in total. The van der Waals surface area contributed by atoms with Gasteiger partial charge in [-0.05, 0) is 20.3 Å². The van der Waals surface area contributed by atoms with Crippen LogP contribution in [-0.4, -0.2) is 23.6 Å². The zero-order valence-electron chi connectivity index (χ0n) is 11.5. The Hall–Kier alpha value is -0.810. The number of nitrogens with one attached hydrogen (secondary N) is 1. The third-order valence-corrected chi connectivity index (χ3v) is 4.40. The number of thioether (sulfide) groups is 1. The van der Waals surface area contributed by atoms with E-state index in [-0.39, 0.29) is 5.60 Å². The standard InChI is InChI=1S/C13H21N3OS/c1-5-13(3,17-6-2)12-15-10-8-18-7-9(10)11(14-4)16-12/h5-8H2,1-4H3,(H,14,15,16). The Morgan fingerprint density at radius 1 is 1.33 bits per heavy atom. The summed E-state index contributed by atoms with van der Waals surface area (Å²) in [6.45, 7) is 6.87. The normalized spacial score (nSPS) is 17.3. The predicted octanol–water partition coefficient (Wildman–Crippen LogP) is 2.93. The smallest absolute Gasteiger partial charge is 0.162 e. The van der Waals surface area contributed by atoms with Crippen LogP contribution in [0.3, 0.4) is 0 Å². The van der Waals surface area contributed by atoms with E-state index in [1.807, 2.05) is 25.7 Å². The molecule has 1 aliphatic rings. The first-order valence-corrected chi connectivity index (χ1v) is 7.59. The zero-order valence-corrected chi connectivity index (χ0v) is 12.4. The molecule has 1 unspecified atom stereocenters. The second-order valence-electron chi connectivity index (χ2n) is 4.58. The summed E-state index contributed by atoms with van der Waals surface area (Å²) in [5, 5.41) is 3.19. The van der Waals surface area contributed by atoms with Crippen LogP contribution < -0.4 is 5.32 Å². The highest BCUT2D eigenvalue weighted by atomic mass is 32.2. The summed E-state index contributed by atoms with van der Waals surface area (Å²) in [4.78, 5) is 9.39. The second kappa shape index (κ2) is 5.45. The van der Waals surface area contributed by atoms with Crippen LogP contribution in [0.2, 0.25) is 0 Å². The van der Waals surface area contributed by atoms with Gasteiger partial charge in [0.15, 0.2) is 5.82 Å². The third kappa shape index (κ3) is 2.34. The van der Waals surface area contributed by atoms with Crippen LogP contribution in [0.15, 0.2) is 0 Å². The molecule has 0 fully saturated rings. The van der Waals surface area contributed by atoms with Crippen molar-refractivity contribution in [3.63, 3.8) is 0 Å². The van der Waals surface area contributed by atoms with E-state index in [9.17, 15) is 0 Å². The van der Waals surface area contributed by atoms with Crippen LogP contribution in [-0.2, 0) is 21.8 Å². The van der Waals surface area contributed by atoms with Gasteiger partial charge < -0.3 is 10.1 Å². The summed E-state index contributed by atoms with van der Waals surface area (Å²) in [5.41, 5.74) is 2.03. The van der Waals surface area contributed by atoms with Crippen molar-refractivity contribution in [2.75, 3.05) is 19.0 Å². The number of nitrogens with zero attached hydrogens (tertiary/aromatic N) is 2. The van der Waals surface area contributed by atoms with Crippen molar-refractivity contribution in [2.45, 2.75) is 44.3 Å². The average molecular weight is 267 g/mol. The van der Waals surface area contributed by atoms with E-state index in [2.05, 4.69) is 24.1 Å². The van der Waals surface area contributed by atoms with E-state index in [1.165, 1.54) is 5.56 Å². The molecule has 0 bridgehead atoms. The summed E-state index contributed by atoms with van der Waals surface area (Å²) in [6.07, 6.45) is 0.871. The molecule has 0 amide bonds. The van der Waals surface area contributed by atoms with E-state index < -0.39 is 0 Å². The van der Waals surface area contributed by atoms with E-state index in [1.54, 1.807) is 0 Å². The Balaban J connectivity index is 2.45. The van der Waals surface area contributed by atoms with Crippen molar-refractivity contribution in [3.05, 3.63) is 17.1 Å². The van der Waals surface area contributed by atoms with Gasteiger partial charge in [0.2, 0.25) is 0 Å². The quantitative estimate of drug-likeness (QED) is 0.889. The number of rotatable bonds is 5. The van der Waals surface area contributed by atoms with Crippen LogP contribution in [0.4, 0.5) is 5.82 Å². The van der Waals surface area contributed by atoms with Crippen molar-refractivity contribution in [3.8, 4) is 0 Å². The van der Waals surface area contributed by atoms with Gasteiger partial charge in [-0.1, -0.05) is 6.92 Å². The molecule has 5 heteroatoms. The Bertz CT molecular complexity index is 438. The molecule has 0 aromatic carbocycles. The van der Waals surface area contributed by atoms with Crippen molar-refractivity contribution in [1.82, 2.24) is 9.97 Å². The number of hydrogen-bond donors (Lipinski definition) is 1. The first kappa shape index (κ1) is 13.6. The maximum absolute atomic E-state index is 5.86. The van der Waals surface area contributed by atoms with Gasteiger partial charge in [-0.2, -0.15) is 11.8 Å². The van der Waals surface area contributed by atoms with Crippen molar-refractivity contribution in [2.24, 2.45) is 0 Å². The van der Waals surface area contributed by atoms with Gasteiger partial charge >= 0.3 is 0 Å². The molecule has 0 saturated heterocycles. The van der Waals surface area contributed by atoms with Gasteiger partial charge in [0.05, 0.1) is 5.69 Å². The van der Waals surface area contributed by atoms with Gasteiger partial charge in [-0.3, -0.25) is 0 Å². The average Bonchev–Trinajstić information content (AvgIpc) is 2.85. The highest BCUT2D eigenvalue weighted by Gasteiger charge is 2.31. The highest BCUT2D eigenvalue weighted by Crippen LogP contribution is 2.35. The summed E-state index contributed by atoms with van der Waals surface area (Å²) >= 11 is 1.89. The lowest BCUT2D eigenvalue weighted by Gasteiger charge is -2.27. The molecule has 1 aliphatic heterocycles. The van der Waals surface area contributed by atoms with Crippen LogP contribution >= 0.6 is 11.8 Å². The Kier molecular flexibility index (Phi) is 4.12. The molecule has 2 rings (SSSR count). The van der Waals surface area contributed by atoms with Crippen LogP contribution in [0.5, 0.6) is 0 Å². The maximum atomic E-state index is 5.86. The number of hydrogen-bond acceptors (Lipinski definition) is 5. The molecular formula is C13H21N3OS. The van der Waals surface area contributed by atoms with E-state index in [4.69, 9.17) is 9.72 Å². The minimum absolute atomic E-state index is 0.386. The Labute approximate surface area is 113 Å². The Morgan fingerprint density at radius 3 is 2.72 bits per heavy atom. The molecule has 2 heterocycles. The predicted molar refractivity (Wildman–Crippen MR) is 75.8 cm³/mol. The van der Waals surface area contributed by atoms with Gasteiger partial charge in [-0.25, -0.2) is 9.97 Å². The fourth-order valence-electron chi connectivity index (χ4n) is 2.14. The van der Waals surface area contributed by atoms with Gasteiger partial charge in [0, 0.05) is 30.7 Å². The number of anilines is 1. The van der Waals surface area contributed by atoms with Gasteiger partial charge in [-0.15, -0.1) is 0 Å². The van der Waals surface area contributed by atoms with E-state index in [0.717, 1.165) is 35.3 Å². The topological polar surface area (TPSA) is 47.0 Å². The lowest BCUT2D eigenvalue weighted by atomic mass is 10.0. The van der Waals surface area contributed by atoms with Gasteiger partial charge in [0.1, 0.15) is 11.4 Å². The lowest BCUT2D eigenvalue weighted by molar-refractivity contribution is -0.0390. The van der Waals surface area contributed by atoms with Crippen molar-refractivity contribution in [1.29, 1.82) is 0 Å². The van der Waals surface area contributed by atoms with Crippen LogP contribution in [0.1, 0.15) is 44.3 Å². The van der Waals surface area contributed by atoms with Crippen molar-refractivity contribution >= 4 is 17.6 Å². The molecule has 0 spiro atoms. The monoisotopic (exact) mass is 267 g/mol. The third-order valence-electron chi connectivity index (χ3n) is 3.43. The fourth-order valence-corrected chi connectivity index (χ4v) is 3.18. The molecule has 0 saturated carbocycles. The van der Waals surface area contributed by atoms with E-state index in [0.29, 0.717) is 6.61 Å². The molecule has 1 aromatic rings. The Morgan fingerprint density at radius 2 is 2.11 bits per heavy atom. The summed E-state index contributed by atoms with van der Waals surface area (Å²) in [6, 6.07) is 0. The molecule has 0 aliphatic carbocycles. The molecule has 1 aromatic heterocycles. The van der Waals surface area contributed by atoms with Crippen molar-refractivity contribution < 1.29 is 4.74 Å². The molecule has 1 atom stereocenters. The first-order valence-electron chi connectivity index (χ1n) is 6.44. The van der Waals surface area contributed by atoms with Crippen LogP contribution in [0.25, 0.3) is 0 Å². The maximum Gasteiger partial charge on any atom is 0.162 e. The van der Waals surface area contributed by atoms with E-state index >= 15 is 0 Å². The second-order valence-corrected chi connectivity index (χ2v) is 5.57. The zero-order chi connectivity index (χ0) is 13.2. The largest absolute Gasteiger partial charge is 0.373 e. The number of fused-ring (bicyclic) bond motifs is 1. The SMILES string of the molecule is CCOC(C)(CC)c1nc2c(c(NC)n1)CSC2. The fraction of sp³-hybridized carbons (Fsp3) is 0.692. The highest BCUT2D eigenvalue weighted by molar-refractivity contribution is 7.98.